The Balaban J connectivity index is 1.69. The van der Waals surface area contributed by atoms with Gasteiger partial charge in [-0.15, -0.1) is 0 Å². The van der Waals surface area contributed by atoms with Crippen molar-refractivity contribution in [1.29, 1.82) is 0 Å². The Morgan fingerprint density at radius 2 is 1.75 bits per heavy atom. The molecule has 3 aliphatic heterocycles. The van der Waals surface area contributed by atoms with E-state index in [0.717, 1.165) is 5.56 Å². The largest absolute Gasteiger partial charge is 0.497 e. The van der Waals surface area contributed by atoms with Crippen molar-refractivity contribution >= 4 is 11.8 Å². The summed E-state index contributed by atoms with van der Waals surface area (Å²) in [6.07, 6.45) is -3.41. The molecular weight excluding hydrogens is 368 g/mol. The highest BCUT2D eigenvalue weighted by Gasteiger charge is 2.64. The van der Waals surface area contributed by atoms with Crippen molar-refractivity contribution in [3.05, 3.63) is 29.8 Å². The predicted octanol–water partition coefficient (Wildman–Crippen LogP) is -0.552. The Kier molecular flexibility index (Phi) is 4.58. The third kappa shape index (κ3) is 2.86. The molecule has 2 amide bonds. The molecular formula is C19H24N2O7. The van der Waals surface area contributed by atoms with E-state index in [-0.39, 0.29) is 6.54 Å². The van der Waals surface area contributed by atoms with Gasteiger partial charge in [-0.3, -0.25) is 9.59 Å². The quantitative estimate of drug-likeness (QED) is 0.662. The van der Waals surface area contributed by atoms with Crippen LogP contribution < -0.4 is 4.74 Å². The number of amides is 2. The van der Waals surface area contributed by atoms with Crippen molar-refractivity contribution in [2.75, 3.05) is 13.7 Å². The summed E-state index contributed by atoms with van der Waals surface area (Å²) >= 11 is 0. The molecule has 3 heterocycles. The van der Waals surface area contributed by atoms with Crippen LogP contribution in [0.1, 0.15) is 19.4 Å². The van der Waals surface area contributed by atoms with E-state index in [4.69, 9.17) is 14.2 Å². The second-order valence-electron chi connectivity index (χ2n) is 7.71. The topological polar surface area (TPSA) is 109 Å². The smallest absolute Gasteiger partial charge is 0.314 e. The number of hydrogen-bond acceptors (Lipinski definition) is 7. The van der Waals surface area contributed by atoms with Crippen LogP contribution in [0.2, 0.25) is 0 Å². The maximum absolute atomic E-state index is 12.8. The Labute approximate surface area is 162 Å². The SMILES string of the molecule is COc1ccc(CN2C(=O)C(=O)N3C2[C@H]2OC(C)(C)O[C@H]2[C@H](O)[C@H]3CO)cc1. The summed E-state index contributed by atoms with van der Waals surface area (Å²) in [7, 11) is 1.57. The average molecular weight is 392 g/mol. The zero-order chi connectivity index (χ0) is 20.2. The number of methoxy groups -OCH3 is 1. The summed E-state index contributed by atoms with van der Waals surface area (Å²) < 4.78 is 16.9. The van der Waals surface area contributed by atoms with E-state index in [0.29, 0.717) is 5.75 Å². The molecule has 3 fully saturated rings. The van der Waals surface area contributed by atoms with Crippen molar-refractivity contribution in [3.8, 4) is 5.75 Å². The summed E-state index contributed by atoms with van der Waals surface area (Å²) in [5, 5.41) is 20.5. The minimum absolute atomic E-state index is 0.178. The second-order valence-corrected chi connectivity index (χ2v) is 7.71. The standard InChI is InChI=1S/C19H24N2O7/c1-19(2)27-14-13(23)12(9-22)21-16(15(14)28-19)20(17(24)18(21)25)8-10-4-6-11(26-3)7-5-10/h4-7,12-16,22-23H,8-9H2,1-3H3/t12-,13-,14+,15+,16?/m1/s1. The van der Waals surface area contributed by atoms with E-state index in [1.807, 2.05) is 12.1 Å². The lowest BCUT2D eigenvalue weighted by atomic mass is 9.92. The molecule has 0 saturated carbocycles. The molecule has 0 aliphatic carbocycles. The van der Waals surface area contributed by atoms with Gasteiger partial charge in [0.2, 0.25) is 0 Å². The van der Waals surface area contributed by atoms with Crippen LogP contribution in [0.5, 0.6) is 5.75 Å². The zero-order valence-electron chi connectivity index (χ0n) is 15.9. The molecule has 3 saturated heterocycles. The number of rotatable bonds is 4. The van der Waals surface area contributed by atoms with E-state index in [1.165, 1.54) is 9.80 Å². The molecule has 1 aromatic carbocycles. The van der Waals surface area contributed by atoms with Crippen molar-refractivity contribution in [1.82, 2.24) is 9.80 Å². The Morgan fingerprint density at radius 3 is 2.36 bits per heavy atom. The summed E-state index contributed by atoms with van der Waals surface area (Å²) in [5.74, 6) is -1.75. The van der Waals surface area contributed by atoms with Gasteiger partial charge in [0.15, 0.2) is 5.79 Å². The van der Waals surface area contributed by atoms with Crippen molar-refractivity contribution in [2.45, 2.75) is 56.7 Å². The fourth-order valence-corrected chi connectivity index (χ4v) is 4.29. The third-order valence-electron chi connectivity index (χ3n) is 5.53. The number of hydrogen-bond donors (Lipinski definition) is 2. The minimum atomic E-state index is -1.16. The predicted molar refractivity (Wildman–Crippen MR) is 94.9 cm³/mol. The molecule has 5 atom stereocenters. The van der Waals surface area contributed by atoms with Crippen molar-refractivity contribution in [2.24, 2.45) is 0 Å². The van der Waals surface area contributed by atoms with Gasteiger partial charge in [-0.05, 0) is 31.5 Å². The Morgan fingerprint density at radius 1 is 1.11 bits per heavy atom. The molecule has 1 unspecified atom stereocenters. The lowest BCUT2D eigenvalue weighted by molar-refractivity contribution is -0.160. The number of benzene rings is 1. The molecule has 0 bridgehead atoms. The molecule has 0 aromatic heterocycles. The number of piperidine rings is 1. The van der Waals surface area contributed by atoms with Crippen LogP contribution in [-0.4, -0.2) is 81.9 Å². The first kappa shape index (κ1) is 19.1. The number of aliphatic hydroxyl groups is 2. The van der Waals surface area contributed by atoms with E-state index < -0.39 is 54.7 Å². The number of carbonyl (C=O) groups excluding carboxylic acids is 2. The first-order valence-electron chi connectivity index (χ1n) is 9.18. The van der Waals surface area contributed by atoms with Crippen molar-refractivity contribution in [3.63, 3.8) is 0 Å². The molecule has 9 nitrogen and oxygen atoms in total. The van der Waals surface area contributed by atoms with Gasteiger partial charge in [-0.1, -0.05) is 12.1 Å². The zero-order valence-corrected chi connectivity index (χ0v) is 15.9. The Hall–Kier alpha value is -2.20. The summed E-state index contributed by atoms with van der Waals surface area (Å²) in [4.78, 5) is 28.1. The molecule has 4 rings (SSSR count). The lowest BCUT2D eigenvalue weighted by Gasteiger charge is -2.46. The highest BCUT2D eigenvalue weighted by Crippen LogP contribution is 2.42. The van der Waals surface area contributed by atoms with Gasteiger partial charge in [-0.25, -0.2) is 0 Å². The maximum atomic E-state index is 12.8. The summed E-state index contributed by atoms with van der Waals surface area (Å²) in [5.41, 5.74) is 0.810. The third-order valence-corrected chi connectivity index (χ3v) is 5.53. The lowest BCUT2D eigenvalue weighted by Crippen LogP contribution is -2.67. The van der Waals surface area contributed by atoms with E-state index in [9.17, 15) is 19.8 Å². The van der Waals surface area contributed by atoms with E-state index >= 15 is 0 Å². The molecule has 152 valence electrons. The first-order valence-corrected chi connectivity index (χ1v) is 9.18. The summed E-state index contributed by atoms with van der Waals surface area (Å²) in [6.45, 7) is 3.11. The van der Waals surface area contributed by atoms with Crippen LogP contribution in [0.15, 0.2) is 24.3 Å². The molecule has 9 heteroatoms. The summed E-state index contributed by atoms with van der Waals surface area (Å²) in [6, 6.07) is 6.23. The number of fused-ring (bicyclic) bond motifs is 3. The van der Waals surface area contributed by atoms with Crippen LogP contribution in [0.3, 0.4) is 0 Å². The Bertz CT molecular complexity index is 781. The molecule has 1 aromatic rings. The van der Waals surface area contributed by atoms with Gasteiger partial charge >= 0.3 is 11.8 Å². The number of aliphatic hydroxyl groups excluding tert-OH is 2. The molecule has 2 N–H and O–H groups in total. The normalized spacial score (nSPS) is 33.8. The second kappa shape index (κ2) is 6.70. The van der Waals surface area contributed by atoms with E-state index in [2.05, 4.69) is 0 Å². The number of nitrogens with zero attached hydrogens (tertiary/aromatic N) is 2. The molecule has 28 heavy (non-hydrogen) atoms. The highest BCUT2D eigenvalue weighted by molar-refractivity contribution is 6.37. The van der Waals surface area contributed by atoms with Crippen LogP contribution in [-0.2, 0) is 25.6 Å². The van der Waals surface area contributed by atoms with Crippen LogP contribution in [0, 0.1) is 0 Å². The number of ether oxygens (including phenoxy) is 3. The fraction of sp³-hybridized carbons (Fsp3) is 0.579. The van der Waals surface area contributed by atoms with Crippen LogP contribution in [0.4, 0.5) is 0 Å². The minimum Gasteiger partial charge on any atom is -0.497 e. The van der Waals surface area contributed by atoms with Gasteiger partial charge in [0.25, 0.3) is 0 Å². The van der Waals surface area contributed by atoms with E-state index in [1.54, 1.807) is 33.1 Å². The van der Waals surface area contributed by atoms with Gasteiger partial charge < -0.3 is 34.2 Å². The van der Waals surface area contributed by atoms with Crippen LogP contribution >= 0.6 is 0 Å². The monoisotopic (exact) mass is 392 g/mol. The van der Waals surface area contributed by atoms with Gasteiger partial charge in [0.05, 0.1) is 19.8 Å². The van der Waals surface area contributed by atoms with Crippen LogP contribution in [0.25, 0.3) is 0 Å². The molecule has 3 aliphatic rings. The molecule has 0 radical (unpaired) electrons. The van der Waals surface area contributed by atoms with Crippen molar-refractivity contribution < 1.29 is 34.0 Å². The first-order chi connectivity index (χ1) is 13.3. The average Bonchev–Trinajstić information content (AvgIpc) is 3.12. The number of carbonyl (C=O) groups is 2. The molecule has 0 spiro atoms. The van der Waals surface area contributed by atoms with Gasteiger partial charge in [0.1, 0.15) is 30.2 Å². The maximum Gasteiger partial charge on any atom is 0.314 e. The fourth-order valence-electron chi connectivity index (χ4n) is 4.29. The van der Waals surface area contributed by atoms with Gasteiger partial charge in [-0.2, -0.15) is 0 Å². The highest BCUT2D eigenvalue weighted by atomic mass is 16.8. The van der Waals surface area contributed by atoms with Gasteiger partial charge in [0, 0.05) is 6.54 Å².